The molecule has 0 radical (unpaired) electrons. The van der Waals surface area contributed by atoms with Gasteiger partial charge in [0.25, 0.3) is 0 Å². The summed E-state index contributed by atoms with van der Waals surface area (Å²) in [5.74, 6) is 0.708. The van der Waals surface area contributed by atoms with E-state index in [0.717, 1.165) is 12.4 Å². The number of sulfonamides is 1. The van der Waals surface area contributed by atoms with Crippen molar-refractivity contribution < 1.29 is 8.42 Å². The Labute approximate surface area is 88.7 Å². The van der Waals surface area contributed by atoms with E-state index in [4.69, 9.17) is 5.14 Å². The van der Waals surface area contributed by atoms with E-state index in [1.807, 2.05) is 11.5 Å². The SMILES string of the molecule is CCn1cnnc1CNCCS(N)(=O)=O. The quantitative estimate of drug-likeness (QED) is 0.593. The van der Waals surface area contributed by atoms with Gasteiger partial charge in [0.1, 0.15) is 12.2 Å². The fraction of sp³-hybridized carbons (Fsp3) is 0.714. The van der Waals surface area contributed by atoms with Crippen LogP contribution in [0.15, 0.2) is 6.33 Å². The molecule has 0 aliphatic carbocycles. The molecular formula is C7H15N5O2S. The van der Waals surface area contributed by atoms with Gasteiger partial charge in [-0.2, -0.15) is 0 Å². The van der Waals surface area contributed by atoms with E-state index in [9.17, 15) is 8.42 Å². The van der Waals surface area contributed by atoms with Gasteiger partial charge in [0.15, 0.2) is 0 Å². The summed E-state index contributed by atoms with van der Waals surface area (Å²) in [6.07, 6.45) is 1.64. The zero-order valence-corrected chi connectivity index (χ0v) is 9.37. The summed E-state index contributed by atoms with van der Waals surface area (Å²) in [4.78, 5) is 0. The van der Waals surface area contributed by atoms with Crippen molar-refractivity contribution in [3.8, 4) is 0 Å². The van der Waals surface area contributed by atoms with Gasteiger partial charge in [0, 0.05) is 13.1 Å². The fourth-order valence-corrected chi connectivity index (χ4v) is 1.52. The summed E-state index contributed by atoms with van der Waals surface area (Å²) >= 11 is 0. The van der Waals surface area contributed by atoms with Gasteiger partial charge in [0.05, 0.1) is 12.3 Å². The molecule has 0 spiro atoms. The average Bonchev–Trinajstić information content (AvgIpc) is 2.58. The number of primary sulfonamides is 1. The van der Waals surface area contributed by atoms with Crippen molar-refractivity contribution in [1.29, 1.82) is 0 Å². The van der Waals surface area contributed by atoms with Crippen LogP contribution in [-0.2, 0) is 23.1 Å². The smallest absolute Gasteiger partial charge is 0.210 e. The van der Waals surface area contributed by atoms with Gasteiger partial charge in [0.2, 0.25) is 10.0 Å². The Morgan fingerprint density at radius 2 is 2.33 bits per heavy atom. The van der Waals surface area contributed by atoms with Crippen LogP contribution in [0.1, 0.15) is 12.7 Å². The molecule has 0 saturated heterocycles. The molecule has 0 unspecified atom stereocenters. The molecule has 15 heavy (non-hydrogen) atoms. The second-order valence-corrected chi connectivity index (χ2v) is 4.81. The summed E-state index contributed by atoms with van der Waals surface area (Å²) in [6, 6.07) is 0. The van der Waals surface area contributed by atoms with Gasteiger partial charge in [-0.05, 0) is 6.92 Å². The van der Waals surface area contributed by atoms with Crippen LogP contribution < -0.4 is 10.5 Å². The number of rotatable bonds is 6. The summed E-state index contributed by atoms with van der Waals surface area (Å²) in [5, 5.41) is 15.4. The molecule has 0 bridgehead atoms. The molecule has 1 aromatic rings. The lowest BCUT2D eigenvalue weighted by atomic mass is 10.5. The van der Waals surface area contributed by atoms with Gasteiger partial charge in [-0.25, -0.2) is 13.6 Å². The minimum Gasteiger partial charge on any atom is -0.317 e. The summed E-state index contributed by atoms with van der Waals surface area (Å²) < 4.78 is 23.1. The monoisotopic (exact) mass is 233 g/mol. The number of nitrogens with one attached hydrogen (secondary N) is 1. The lowest BCUT2D eigenvalue weighted by Crippen LogP contribution is -2.27. The van der Waals surface area contributed by atoms with E-state index < -0.39 is 10.0 Å². The number of aromatic nitrogens is 3. The molecule has 1 rings (SSSR count). The molecule has 1 aromatic heterocycles. The van der Waals surface area contributed by atoms with Crippen molar-refractivity contribution in [2.45, 2.75) is 20.0 Å². The Kier molecular flexibility index (Phi) is 4.18. The van der Waals surface area contributed by atoms with E-state index in [2.05, 4.69) is 15.5 Å². The van der Waals surface area contributed by atoms with Crippen molar-refractivity contribution in [3.63, 3.8) is 0 Å². The van der Waals surface area contributed by atoms with Crippen molar-refractivity contribution in [1.82, 2.24) is 20.1 Å². The third-order valence-electron chi connectivity index (χ3n) is 1.88. The van der Waals surface area contributed by atoms with E-state index in [-0.39, 0.29) is 5.75 Å². The van der Waals surface area contributed by atoms with Gasteiger partial charge in [-0.1, -0.05) is 0 Å². The molecule has 0 fully saturated rings. The van der Waals surface area contributed by atoms with Crippen LogP contribution >= 0.6 is 0 Å². The van der Waals surface area contributed by atoms with Crippen LogP contribution in [0.5, 0.6) is 0 Å². The highest BCUT2D eigenvalue weighted by Crippen LogP contribution is 1.93. The first kappa shape index (κ1) is 12.1. The second-order valence-electron chi connectivity index (χ2n) is 3.08. The predicted molar refractivity (Wildman–Crippen MR) is 55.4 cm³/mol. The first-order valence-electron chi connectivity index (χ1n) is 4.61. The van der Waals surface area contributed by atoms with Crippen LogP contribution in [0.4, 0.5) is 0 Å². The summed E-state index contributed by atoms with van der Waals surface area (Å²) in [6.45, 7) is 3.58. The van der Waals surface area contributed by atoms with Crippen molar-refractivity contribution in [2.24, 2.45) is 5.14 Å². The van der Waals surface area contributed by atoms with Crippen molar-refractivity contribution >= 4 is 10.0 Å². The molecule has 8 heteroatoms. The third-order valence-corrected chi connectivity index (χ3v) is 2.66. The number of hydrogen-bond donors (Lipinski definition) is 2. The maximum absolute atomic E-state index is 10.6. The van der Waals surface area contributed by atoms with Crippen LogP contribution in [0.3, 0.4) is 0 Å². The largest absolute Gasteiger partial charge is 0.317 e. The zero-order chi connectivity index (χ0) is 11.3. The zero-order valence-electron chi connectivity index (χ0n) is 8.55. The van der Waals surface area contributed by atoms with E-state index in [1.54, 1.807) is 6.33 Å². The van der Waals surface area contributed by atoms with Gasteiger partial charge < -0.3 is 9.88 Å². The highest BCUT2D eigenvalue weighted by Gasteiger charge is 2.04. The highest BCUT2D eigenvalue weighted by molar-refractivity contribution is 7.89. The molecule has 86 valence electrons. The minimum absolute atomic E-state index is 0.0761. The maximum Gasteiger partial charge on any atom is 0.210 e. The molecule has 0 atom stereocenters. The Morgan fingerprint density at radius 1 is 1.60 bits per heavy atom. The number of aryl methyl sites for hydroxylation is 1. The van der Waals surface area contributed by atoms with Crippen LogP contribution in [0, 0.1) is 0 Å². The molecule has 0 amide bonds. The third kappa shape index (κ3) is 4.36. The van der Waals surface area contributed by atoms with Crippen LogP contribution in [0.25, 0.3) is 0 Å². The number of nitrogens with zero attached hydrogens (tertiary/aromatic N) is 3. The predicted octanol–water partition coefficient (Wildman–Crippen LogP) is -1.32. The van der Waals surface area contributed by atoms with Crippen molar-refractivity contribution in [2.75, 3.05) is 12.3 Å². The topological polar surface area (TPSA) is 103 Å². The van der Waals surface area contributed by atoms with Crippen LogP contribution in [-0.4, -0.2) is 35.5 Å². The minimum atomic E-state index is -3.39. The summed E-state index contributed by atoms with van der Waals surface area (Å²) in [7, 11) is -3.39. The summed E-state index contributed by atoms with van der Waals surface area (Å²) in [5.41, 5.74) is 0. The normalized spacial score (nSPS) is 11.9. The first-order chi connectivity index (χ1) is 7.03. The lowest BCUT2D eigenvalue weighted by molar-refractivity contribution is 0.587. The highest BCUT2D eigenvalue weighted by atomic mass is 32.2. The van der Waals surface area contributed by atoms with Gasteiger partial charge in [-0.3, -0.25) is 0 Å². The number of hydrogen-bond acceptors (Lipinski definition) is 5. The lowest BCUT2D eigenvalue weighted by Gasteiger charge is -2.04. The van der Waals surface area contributed by atoms with E-state index >= 15 is 0 Å². The second kappa shape index (κ2) is 5.19. The first-order valence-corrected chi connectivity index (χ1v) is 6.32. The van der Waals surface area contributed by atoms with Gasteiger partial charge in [-0.15, -0.1) is 10.2 Å². The molecule has 3 N–H and O–H groups in total. The molecule has 1 heterocycles. The average molecular weight is 233 g/mol. The Balaban J connectivity index is 2.32. The molecule has 0 aromatic carbocycles. The Bertz CT molecular complexity index is 399. The number of nitrogens with two attached hydrogens (primary N) is 1. The molecule has 0 aliphatic rings. The standard InChI is InChI=1S/C7H15N5O2S/c1-2-12-6-10-11-7(12)5-9-3-4-15(8,13)14/h6,9H,2-5H2,1H3,(H2,8,13,14). The molecular weight excluding hydrogens is 218 g/mol. The maximum atomic E-state index is 10.6. The van der Waals surface area contributed by atoms with E-state index in [1.165, 1.54) is 0 Å². The Morgan fingerprint density at radius 3 is 2.93 bits per heavy atom. The van der Waals surface area contributed by atoms with E-state index in [0.29, 0.717) is 13.1 Å². The fourth-order valence-electron chi connectivity index (χ4n) is 1.09. The van der Waals surface area contributed by atoms with Gasteiger partial charge >= 0.3 is 0 Å². The molecule has 0 aliphatic heterocycles. The van der Waals surface area contributed by atoms with Crippen molar-refractivity contribution in [3.05, 3.63) is 12.2 Å². The molecule has 7 nitrogen and oxygen atoms in total. The molecule has 0 saturated carbocycles. The Hall–Kier alpha value is -0.990. The van der Waals surface area contributed by atoms with Crippen LogP contribution in [0.2, 0.25) is 0 Å².